The fourth-order valence-electron chi connectivity index (χ4n) is 1.91. The first-order valence-electron chi connectivity index (χ1n) is 6.81. The van der Waals surface area contributed by atoms with E-state index in [2.05, 4.69) is 17.3 Å². The number of benzene rings is 1. The lowest BCUT2D eigenvalue weighted by Gasteiger charge is -2.12. The lowest BCUT2D eigenvalue weighted by Crippen LogP contribution is -2.12. The Morgan fingerprint density at radius 1 is 1.45 bits per heavy atom. The van der Waals surface area contributed by atoms with Crippen molar-refractivity contribution in [3.05, 3.63) is 42.0 Å². The zero-order valence-corrected chi connectivity index (χ0v) is 12.1. The largest absolute Gasteiger partial charge is 0.451 e. The molecule has 1 aromatic carbocycles. The highest BCUT2D eigenvalue weighted by atomic mass is 19.1. The van der Waals surface area contributed by atoms with Crippen molar-refractivity contribution in [3.8, 4) is 11.5 Å². The van der Waals surface area contributed by atoms with Gasteiger partial charge in [-0.1, -0.05) is 13.0 Å². The van der Waals surface area contributed by atoms with Crippen molar-refractivity contribution in [2.75, 3.05) is 7.05 Å². The van der Waals surface area contributed by atoms with Gasteiger partial charge < -0.3 is 10.1 Å². The van der Waals surface area contributed by atoms with Crippen molar-refractivity contribution >= 4 is 0 Å². The van der Waals surface area contributed by atoms with Crippen LogP contribution in [0, 0.1) is 5.82 Å². The van der Waals surface area contributed by atoms with Crippen LogP contribution in [0.4, 0.5) is 4.39 Å². The Kier molecular flexibility index (Phi) is 4.74. The number of nitrogens with one attached hydrogen (secondary N) is 1. The first kappa shape index (κ1) is 14.5. The molecule has 0 aliphatic heterocycles. The van der Waals surface area contributed by atoms with E-state index in [1.165, 1.54) is 6.07 Å². The standard InChI is InChI=1S/C15H20FN3O/c1-4-7-19-10-13(9-18-19)20-15-6-5-12(8-14(15)16)11(2)17-3/h5-6,8-11,17H,4,7H2,1-3H3. The highest BCUT2D eigenvalue weighted by Crippen LogP contribution is 2.26. The third kappa shape index (κ3) is 3.36. The zero-order valence-electron chi connectivity index (χ0n) is 12.1. The van der Waals surface area contributed by atoms with E-state index < -0.39 is 0 Å². The van der Waals surface area contributed by atoms with Gasteiger partial charge in [0, 0.05) is 12.6 Å². The number of halogens is 1. The van der Waals surface area contributed by atoms with Gasteiger partial charge in [-0.2, -0.15) is 5.10 Å². The fourth-order valence-corrected chi connectivity index (χ4v) is 1.91. The van der Waals surface area contributed by atoms with Crippen LogP contribution in [0.1, 0.15) is 31.9 Å². The minimum absolute atomic E-state index is 0.103. The molecular formula is C15H20FN3O. The smallest absolute Gasteiger partial charge is 0.166 e. The Morgan fingerprint density at radius 3 is 2.90 bits per heavy atom. The summed E-state index contributed by atoms with van der Waals surface area (Å²) in [4.78, 5) is 0. The Hall–Kier alpha value is -1.88. The predicted octanol–water partition coefficient (Wildman–Crippen LogP) is 3.50. The maximum Gasteiger partial charge on any atom is 0.166 e. The van der Waals surface area contributed by atoms with Gasteiger partial charge in [0.25, 0.3) is 0 Å². The molecule has 0 spiro atoms. The summed E-state index contributed by atoms with van der Waals surface area (Å²) in [5, 5.41) is 7.22. The van der Waals surface area contributed by atoms with Crippen LogP contribution in [0.2, 0.25) is 0 Å². The summed E-state index contributed by atoms with van der Waals surface area (Å²) in [6, 6.07) is 5.10. The van der Waals surface area contributed by atoms with Gasteiger partial charge in [-0.05, 0) is 38.1 Å². The normalized spacial score (nSPS) is 12.4. The van der Waals surface area contributed by atoms with Gasteiger partial charge in [0.05, 0.1) is 12.4 Å². The Balaban J connectivity index is 2.12. The Bertz CT molecular complexity index is 568. The van der Waals surface area contributed by atoms with Crippen molar-refractivity contribution in [3.63, 3.8) is 0 Å². The molecule has 108 valence electrons. The summed E-state index contributed by atoms with van der Waals surface area (Å²) in [7, 11) is 1.84. The number of nitrogens with zero attached hydrogens (tertiary/aromatic N) is 2. The number of hydrogen-bond acceptors (Lipinski definition) is 3. The molecule has 1 atom stereocenters. The summed E-state index contributed by atoms with van der Waals surface area (Å²) in [6.07, 6.45) is 4.36. The van der Waals surface area contributed by atoms with Gasteiger partial charge in [-0.25, -0.2) is 4.39 Å². The minimum atomic E-state index is -0.368. The van der Waals surface area contributed by atoms with Crippen molar-refractivity contribution in [2.45, 2.75) is 32.9 Å². The van der Waals surface area contributed by atoms with Crippen LogP contribution in [0.25, 0.3) is 0 Å². The molecule has 4 nitrogen and oxygen atoms in total. The van der Waals surface area contributed by atoms with Crippen molar-refractivity contribution in [1.29, 1.82) is 0 Å². The summed E-state index contributed by atoms with van der Waals surface area (Å²) in [5.74, 6) is 0.396. The predicted molar refractivity (Wildman–Crippen MR) is 76.5 cm³/mol. The van der Waals surface area contributed by atoms with Crippen molar-refractivity contribution in [2.24, 2.45) is 0 Å². The van der Waals surface area contributed by atoms with Crippen molar-refractivity contribution < 1.29 is 9.13 Å². The van der Waals surface area contributed by atoms with Crippen LogP contribution in [0.3, 0.4) is 0 Å². The summed E-state index contributed by atoms with van der Waals surface area (Å²) >= 11 is 0. The molecule has 0 aliphatic rings. The summed E-state index contributed by atoms with van der Waals surface area (Å²) < 4.78 is 21.3. The molecule has 0 saturated carbocycles. The molecule has 0 saturated heterocycles. The number of aromatic nitrogens is 2. The SMILES string of the molecule is CCCn1cc(Oc2ccc(C(C)NC)cc2F)cn1. The highest BCUT2D eigenvalue weighted by Gasteiger charge is 2.10. The second kappa shape index (κ2) is 6.52. The quantitative estimate of drug-likeness (QED) is 0.878. The summed E-state index contributed by atoms with van der Waals surface area (Å²) in [5.41, 5.74) is 0.888. The maximum atomic E-state index is 14.0. The van der Waals surface area contributed by atoms with E-state index in [0.717, 1.165) is 18.5 Å². The Labute approximate surface area is 118 Å². The minimum Gasteiger partial charge on any atom is -0.451 e. The van der Waals surface area contributed by atoms with Gasteiger partial charge >= 0.3 is 0 Å². The van der Waals surface area contributed by atoms with E-state index in [4.69, 9.17) is 4.74 Å². The van der Waals surface area contributed by atoms with Gasteiger partial charge in [0.1, 0.15) is 0 Å². The van der Waals surface area contributed by atoms with E-state index >= 15 is 0 Å². The summed E-state index contributed by atoms with van der Waals surface area (Å²) in [6.45, 7) is 4.87. The molecule has 0 radical (unpaired) electrons. The number of ether oxygens (including phenoxy) is 1. The molecule has 1 N–H and O–H groups in total. The van der Waals surface area contributed by atoms with Crippen LogP contribution >= 0.6 is 0 Å². The number of rotatable bonds is 6. The molecule has 5 heteroatoms. The monoisotopic (exact) mass is 277 g/mol. The molecule has 0 aliphatic carbocycles. The second-order valence-corrected chi connectivity index (χ2v) is 4.74. The molecule has 2 aromatic rings. The van der Waals surface area contributed by atoms with Crippen LogP contribution in [-0.4, -0.2) is 16.8 Å². The van der Waals surface area contributed by atoms with Gasteiger partial charge in [0.2, 0.25) is 0 Å². The molecule has 1 heterocycles. The molecular weight excluding hydrogens is 257 g/mol. The van der Waals surface area contributed by atoms with Crippen LogP contribution < -0.4 is 10.1 Å². The zero-order chi connectivity index (χ0) is 14.5. The fraction of sp³-hybridized carbons (Fsp3) is 0.400. The second-order valence-electron chi connectivity index (χ2n) is 4.74. The molecule has 0 fully saturated rings. The first-order chi connectivity index (χ1) is 9.63. The topological polar surface area (TPSA) is 39.1 Å². The van der Waals surface area contributed by atoms with Gasteiger partial charge in [0.15, 0.2) is 17.3 Å². The average molecular weight is 277 g/mol. The molecule has 20 heavy (non-hydrogen) atoms. The molecule has 1 aromatic heterocycles. The molecule has 0 amide bonds. The third-order valence-corrected chi connectivity index (χ3v) is 3.18. The van der Waals surface area contributed by atoms with Crippen LogP contribution in [0.15, 0.2) is 30.6 Å². The number of hydrogen-bond donors (Lipinski definition) is 1. The first-order valence-corrected chi connectivity index (χ1v) is 6.81. The average Bonchev–Trinajstić information content (AvgIpc) is 2.88. The highest BCUT2D eigenvalue weighted by molar-refractivity contribution is 5.34. The van der Waals surface area contributed by atoms with E-state index in [1.54, 1.807) is 23.1 Å². The van der Waals surface area contributed by atoms with Gasteiger partial charge in [-0.3, -0.25) is 4.68 Å². The maximum absolute atomic E-state index is 14.0. The van der Waals surface area contributed by atoms with Crippen molar-refractivity contribution in [1.82, 2.24) is 15.1 Å². The van der Waals surface area contributed by atoms with E-state index in [-0.39, 0.29) is 17.6 Å². The van der Waals surface area contributed by atoms with E-state index in [9.17, 15) is 4.39 Å². The van der Waals surface area contributed by atoms with Gasteiger partial charge in [-0.15, -0.1) is 0 Å². The lowest BCUT2D eigenvalue weighted by molar-refractivity contribution is 0.439. The van der Waals surface area contributed by atoms with E-state index in [0.29, 0.717) is 5.75 Å². The van der Waals surface area contributed by atoms with Crippen LogP contribution in [0.5, 0.6) is 11.5 Å². The Morgan fingerprint density at radius 2 is 2.25 bits per heavy atom. The molecule has 0 bridgehead atoms. The third-order valence-electron chi connectivity index (χ3n) is 3.18. The lowest BCUT2D eigenvalue weighted by atomic mass is 10.1. The van der Waals surface area contributed by atoms with Crippen LogP contribution in [-0.2, 0) is 6.54 Å². The number of aryl methyl sites for hydroxylation is 1. The molecule has 2 rings (SSSR count). The van der Waals surface area contributed by atoms with E-state index in [1.807, 2.05) is 20.0 Å². The molecule has 1 unspecified atom stereocenters.